The van der Waals surface area contributed by atoms with E-state index in [1.807, 2.05) is 0 Å². The van der Waals surface area contributed by atoms with Crippen molar-refractivity contribution in [2.24, 2.45) is 4.99 Å². The molecule has 1 aliphatic rings. The van der Waals surface area contributed by atoms with Crippen molar-refractivity contribution in [2.75, 3.05) is 21.3 Å². The van der Waals surface area contributed by atoms with Crippen molar-refractivity contribution >= 4 is 29.4 Å². The van der Waals surface area contributed by atoms with Crippen LogP contribution < -0.4 is 29.1 Å². The van der Waals surface area contributed by atoms with Gasteiger partial charge in [0, 0.05) is 6.92 Å². The van der Waals surface area contributed by atoms with Crippen molar-refractivity contribution in [1.82, 2.24) is 4.57 Å². The smallest absolute Gasteiger partial charge is 0.338 e. The predicted octanol–water partition coefficient (Wildman–Crippen LogP) is 2.35. The lowest BCUT2D eigenvalue weighted by Crippen LogP contribution is -2.39. The van der Waals surface area contributed by atoms with E-state index in [0.717, 1.165) is 5.56 Å². The first-order chi connectivity index (χ1) is 17.3. The lowest BCUT2D eigenvalue weighted by Gasteiger charge is -2.25. The van der Waals surface area contributed by atoms with E-state index in [4.69, 9.17) is 18.9 Å². The number of methoxy groups -OCH3 is 3. The zero-order valence-corrected chi connectivity index (χ0v) is 21.2. The maximum atomic E-state index is 13.6. The number of esters is 2. The first kappa shape index (κ1) is 24.9. The molecule has 0 N–H and O–H groups in total. The summed E-state index contributed by atoms with van der Waals surface area (Å²) >= 11 is 1.21. The third-order valence-corrected chi connectivity index (χ3v) is 6.57. The van der Waals surface area contributed by atoms with Gasteiger partial charge < -0.3 is 18.9 Å². The van der Waals surface area contributed by atoms with Crippen LogP contribution in [0.4, 0.5) is 0 Å². The maximum Gasteiger partial charge on any atom is 0.338 e. The highest BCUT2D eigenvalue weighted by Gasteiger charge is 2.33. The summed E-state index contributed by atoms with van der Waals surface area (Å²) in [5.41, 5.74) is 1.79. The van der Waals surface area contributed by atoms with E-state index < -0.39 is 18.0 Å². The third-order valence-electron chi connectivity index (χ3n) is 5.59. The number of nitrogens with zero attached hydrogens (tertiary/aromatic N) is 2. The van der Waals surface area contributed by atoms with Gasteiger partial charge in [0.1, 0.15) is 5.75 Å². The van der Waals surface area contributed by atoms with E-state index in [-0.39, 0.29) is 11.1 Å². The number of aromatic nitrogens is 1. The molecule has 0 saturated heterocycles. The molecular formula is C26H24N2O7S. The fourth-order valence-electron chi connectivity index (χ4n) is 3.98. The molecule has 0 fully saturated rings. The molecule has 0 saturated carbocycles. The number of fused-ring (bicyclic) bond motifs is 1. The molecule has 1 atom stereocenters. The largest absolute Gasteiger partial charge is 0.493 e. The van der Waals surface area contributed by atoms with Crippen molar-refractivity contribution in [3.8, 4) is 17.2 Å². The minimum absolute atomic E-state index is 0.259. The number of rotatable bonds is 6. The molecule has 0 spiro atoms. The van der Waals surface area contributed by atoms with Gasteiger partial charge in [-0.25, -0.2) is 9.79 Å². The Labute approximate surface area is 210 Å². The second kappa shape index (κ2) is 10.2. The maximum absolute atomic E-state index is 13.6. The highest BCUT2D eigenvalue weighted by atomic mass is 32.1. The molecule has 9 nitrogen and oxygen atoms in total. The van der Waals surface area contributed by atoms with Crippen molar-refractivity contribution in [3.05, 3.63) is 84.5 Å². The Bertz CT molecular complexity index is 1550. The van der Waals surface area contributed by atoms with Gasteiger partial charge in [0.05, 0.1) is 43.2 Å². The predicted molar refractivity (Wildman–Crippen MR) is 133 cm³/mol. The number of benzene rings is 2. The van der Waals surface area contributed by atoms with Gasteiger partial charge in [-0.2, -0.15) is 0 Å². The Morgan fingerprint density at radius 1 is 1.03 bits per heavy atom. The standard InChI is InChI=1S/C26H24N2O7S/c1-14-22(25(31)34-5)23(17-8-11-19(32-3)20(13-17)33-4)28-24(30)21(36-26(28)27-14)12-16-6-9-18(10-7-16)35-15(2)29/h6-13,23H,1-5H3. The van der Waals surface area contributed by atoms with E-state index in [9.17, 15) is 14.4 Å². The topological polar surface area (TPSA) is 105 Å². The molecule has 0 aliphatic carbocycles. The highest BCUT2D eigenvalue weighted by molar-refractivity contribution is 7.07. The molecule has 0 bridgehead atoms. The Balaban J connectivity index is 1.89. The molecule has 0 radical (unpaired) electrons. The van der Waals surface area contributed by atoms with Crippen molar-refractivity contribution < 1.29 is 28.5 Å². The number of ether oxygens (including phenoxy) is 4. The van der Waals surface area contributed by atoms with E-state index in [1.54, 1.807) is 55.5 Å². The van der Waals surface area contributed by atoms with Gasteiger partial charge >= 0.3 is 11.9 Å². The van der Waals surface area contributed by atoms with Gasteiger partial charge in [0.25, 0.3) is 5.56 Å². The fourth-order valence-corrected chi connectivity index (χ4v) is 5.03. The number of allylic oxidation sites excluding steroid dienone is 1. The molecule has 1 aromatic heterocycles. The molecule has 36 heavy (non-hydrogen) atoms. The van der Waals surface area contributed by atoms with E-state index in [0.29, 0.717) is 37.8 Å². The molecule has 1 unspecified atom stereocenters. The van der Waals surface area contributed by atoms with Crippen molar-refractivity contribution in [1.29, 1.82) is 0 Å². The Morgan fingerprint density at radius 3 is 2.33 bits per heavy atom. The average molecular weight is 509 g/mol. The van der Waals surface area contributed by atoms with Gasteiger partial charge in [0.2, 0.25) is 0 Å². The Hall–Kier alpha value is -4.18. The van der Waals surface area contributed by atoms with Crippen LogP contribution in [0.2, 0.25) is 0 Å². The second-order valence-electron chi connectivity index (χ2n) is 7.85. The number of hydrogen-bond donors (Lipinski definition) is 0. The zero-order chi connectivity index (χ0) is 26.0. The van der Waals surface area contributed by atoms with Gasteiger partial charge in [-0.05, 0) is 48.4 Å². The molecule has 3 aromatic rings. The van der Waals surface area contributed by atoms with E-state index in [2.05, 4.69) is 4.99 Å². The molecule has 2 heterocycles. The van der Waals surface area contributed by atoms with Gasteiger partial charge in [-0.3, -0.25) is 14.2 Å². The van der Waals surface area contributed by atoms with Gasteiger partial charge in [0.15, 0.2) is 16.3 Å². The van der Waals surface area contributed by atoms with Crippen LogP contribution in [-0.2, 0) is 14.3 Å². The summed E-state index contributed by atoms with van der Waals surface area (Å²) in [7, 11) is 4.34. The molecule has 186 valence electrons. The second-order valence-corrected chi connectivity index (χ2v) is 8.86. The quantitative estimate of drug-likeness (QED) is 0.372. The first-order valence-corrected chi connectivity index (χ1v) is 11.7. The number of carbonyl (C=O) groups excluding carboxylic acids is 2. The summed E-state index contributed by atoms with van der Waals surface area (Å²) in [6.07, 6.45) is 1.73. The summed E-state index contributed by atoms with van der Waals surface area (Å²) in [5.74, 6) is 0.400. The number of thiazole rings is 1. The monoisotopic (exact) mass is 508 g/mol. The van der Waals surface area contributed by atoms with Crippen LogP contribution in [0.15, 0.2) is 63.5 Å². The van der Waals surface area contributed by atoms with Crippen LogP contribution >= 0.6 is 11.3 Å². The highest BCUT2D eigenvalue weighted by Crippen LogP contribution is 2.35. The lowest BCUT2D eigenvalue weighted by atomic mass is 9.95. The summed E-state index contributed by atoms with van der Waals surface area (Å²) in [6.45, 7) is 3.04. The summed E-state index contributed by atoms with van der Waals surface area (Å²) in [5, 5.41) is 0. The van der Waals surface area contributed by atoms with Crippen LogP contribution in [0, 0.1) is 0 Å². The van der Waals surface area contributed by atoms with E-state index in [1.165, 1.54) is 44.2 Å². The minimum Gasteiger partial charge on any atom is -0.493 e. The van der Waals surface area contributed by atoms with Crippen LogP contribution in [0.25, 0.3) is 6.08 Å². The molecule has 10 heteroatoms. The molecule has 2 aromatic carbocycles. The summed E-state index contributed by atoms with van der Waals surface area (Å²) < 4.78 is 22.8. The SMILES string of the molecule is COC(=O)C1=C(C)N=c2sc(=Cc3ccc(OC(C)=O)cc3)c(=O)n2C1c1ccc(OC)c(OC)c1. The fraction of sp³-hybridized carbons (Fsp3) is 0.231. The number of carbonyl (C=O) groups is 2. The van der Waals surface area contributed by atoms with Crippen LogP contribution in [0.1, 0.15) is 31.0 Å². The van der Waals surface area contributed by atoms with E-state index >= 15 is 0 Å². The van der Waals surface area contributed by atoms with Crippen molar-refractivity contribution in [2.45, 2.75) is 19.9 Å². The minimum atomic E-state index is -0.776. The van der Waals surface area contributed by atoms with Gasteiger partial charge in [-0.1, -0.05) is 29.5 Å². The summed E-state index contributed by atoms with van der Waals surface area (Å²) in [6, 6.07) is 11.2. The third kappa shape index (κ3) is 4.67. The summed E-state index contributed by atoms with van der Waals surface area (Å²) in [4.78, 5) is 42.6. The molecular weight excluding hydrogens is 484 g/mol. The Morgan fingerprint density at radius 2 is 1.72 bits per heavy atom. The number of hydrogen-bond acceptors (Lipinski definition) is 9. The molecule has 0 amide bonds. The zero-order valence-electron chi connectivity index (χ0n) is 20.4. The normalized spacial score (nSPS) is 15.1. The lowest BCUT2D eigenvalue weighted by molar-refractivity contribution is -0.136. The van der Waals surface area contributed by atoms with Crippen LogP contribution in [0.5, 0.6) is 17.2 Å². The molecule has 1 aliphatic heterocycles. The first-order valence-electron chi connectivity index (χ1n) is 10.9. The average Bonchev–Trinajstić information content (AvgIpc) is 3.17. The van der Waals surface area contributed by atoms with Gasteiger partial charge in [-0.15, -0.1) is 0 Å². The van der Waals surface area contributed by atoms with Crippen LogP contribution in [0.3, 0.4) is 0 Å². The molecule has 4 rings (SSSR count). The van der Waals surface area contributed by atoms with Crippen molar-refractivity contribution in [3.63, 3.8) is 0 Å². The van der Waals surface area contributed by atoms with Crippen LogP contribution in [-0.4, -0.2) is 37.8 Å². The Kier molecular flexibility index (Phi) is 7.07.